The Morgan fingerprint density at radius 1 is 1.35 bits per heavy atom. The molecule has 0 aliphatic heterocycles. The van der Waals surface area contributed by atoms with Gasteiger partial charge in [0.1, 0.15) is 5.41 Å². The summed E-state index contributed by atoms with van der Waals surface area (Å²) in [5.74, 6) is -0.0781. The number of nitrogens with zero attached hydrogens (tertiary/aromatic N) is 1. The molecule has 3 nitrogen and oxygen atoms in total. The van der Waals surface area contributed by atoms with Crippen molar-refractivity contribution >= 4 is 17.2 Å². The molecule has 2 rings (SSSR count). The van der Waals surface area contributed by atoms with Crippen LogP contribution in [0.4, 0.5) is 0 Å². The van der Waals surface area contributed by atoms with Gasteiger partial charge in [-0.2, -0.15) is 5.26 Å². The summed E-state index contributed by atoms with van der Waals surface area (Å²) in [6.07, 6.45) is 5.66. The largest absolute Gasteiger partial charge is 0.350 e. The Hall–Kier alpha value is -1.34. The maximum absolute atomic E-state index is 12.4. The van der Waals surface area contributed by atoms with Crippen molar-refractivity contribution in [1.82, 2.24) is 5.32 Å². The van der Waals surface area contributed by atoms with Crippen LogP contribution < -0.4 is 5.32 Å². The van der Waals surface area contributed by atoms with Crippen molar-refractivity contribution in [3.8, 4) is 6.07 Å². The zero-order valence-corrected chi connectivity index (χ0v) is 13.1. The van der Waals surface area contributed by atoms with Gasteiger partial charge in [-0.25, -0.2) is 0 Å². The summed E-state index contributed by atoms with van der Waals surface area (Å²) in [5.41, 5.74) is 0.474. The first-order chi connectivity index (χ1) is 9.57. The summed E-state index contributed by atoms with van der Waals surface area (Å²) in [4.78, 5) is 14.9. The summed E-state index contributed by atoms with van der Waals surface area (Å²) >= 11 is 1.72. The van der Waals surface area contributed by atoms with E-state index in [1.807, 2.05) is 0 Å². The molecule has 20 heavy (non-hydrogen) atoms. The maximum Gasteiger partial charge on any atom is 0.240 e. The molecule has 1 N–H and O–H groups in total. The molecule has 0 aromatic carbocycles. The molecule has 1 fully saturated rings. The van der Waals surface area contributed by atoms with E-state index in [9.17, 15) is 10.1 Å². The molecule has 1 amide bonds. The normalized spacial score (nSPS) is 18.1. The van der Waals surface area contributed by atoms with Gasteiger partial charge in [-0.05, 0) is 38.3 Å². The zero-order valence-electron chi connectivity index (χ0n) is 12.3. The molecule has 0 bridgehead atoms. The van der Waals surface area contributed by atoms with Gasteiger partial charge in [-0.15, -0.1) is 11.3 Å². The van der Waals surface area contributed by atoms with Gasteiger partial charge in [0.25, 0.3) is 0 Å². The summed E-state index contributed by atoms with van der Waals surface area (Å²) in [7, 11) is 0. The molecule has 0 unspecified atom stereocenters. The second-order valence-electron chi connectivity index (χ2n) is 5.74. The van der Waals surface area contributed by atoms with Crippen LogP contribution in [0.3, 0.4) is 0 Å². The fourth-order valence-electron chi connectivity index (χ4n) is 2.80. The van der Waals surface area contributed by atoms with Crippen LogP contribution >= 0.6 is 11.3 Å². The van der Waals surface area contributed by atoms with Crippen molar-refractivity contribution in [2.45, 2.75) is 58.9 Å². The van der Waals surface area contributed by atoms with Gasteiger partial charge in [0.15, 0.2) is 0 Å². The van der Waals surface area contributed by atoms with Crippen LogP contribution in [0.2, 0.25) is 0 Å². The average molecular weight is 290 g/mol. The van der Waals surface area contributed by atoms with Crippen LogP contribution in [0.15, 0.2) is 6.07 Å². The molecule has 1 heterocycles. The van der Waals surface area contributed by atoms with Crippen LogP contribution in [-0.4, -0.2) is 5.91 Å². The minimum absolute atomic E-state index is 0.0781. The maximum atomic E-state index is 12.4. The Labute approximate surface area is 125 Å². The molecule has 0 atom stereocenters. The van der Waals surface area contributed by atoms with E-state index in [2.05, 4.69) is 31.3 Å². The van der Waals surface area contributed by atoms with Gasteiger partial charge in [-0.3, -0.25) is 4.79 Å². The van der Waals surface area contributed by atoms with Crippen molar-refractivity contribution in [2.24, 2.45) is 5.41 Å². The summed E-state index contributed by atoms with van der Waals surface area (Å²) < 4.78 is 0. The second kappa shape index (κ2) is 6.41. The Kier molecular flexibility index (Phi) is 4.82. The predicted octanol–water partition coefficient (Wildman–Crippen LogP) is 3.85. The van der Waals surface area contributed by atoms with E-state index in [4.69, 9.17) is 0 Å². The highest BCUT2D eigenvalue weighted by molar-refractivity contribution is 7.12. The van der Waals surface area contributed by atoms with Crippen molar-refractivity contribution in [1.29, 1.82) is 5.26 Å². The smallest absolute Gasteiger partial charge is 0.240 e. The third-order valence-electron chi connectivity index (χ3n) is 4.25. The lowest BCUT2D eigenvalue weighted by Gasteiger charge is -2.23. The molecule has 1 aromatic heterocycles. The number of carbonyl (C=O) groups is 1. The molecule has 1 aromatic rings. The zero-order chi connectivity index (χ0) is 14.6. The Morgan fingerprint density at radius 2 is 2.00 bits per heavy atom. The van der Waals surface area contributed by atoms with Crippen LogP contribution in [0.1, 0.15) is 53.8 Å². The van der Waals surface area contributed by atoms with Gasteiger partial charge in [-0.1, -0.05) is 25.7 Å². The van der Waals surface area contributed by atoms with E-state index in [-0.39, 0.29) is 5.91 Å². The molecule has 1 saturated carbocycles. The number of hydrogen-bond donors (Lipinski definition) is 1. The number of nitrogens with one attached hydrogen (secondary N) is 1. The Bertz CT molecular complexity index is 500. The molecule has 0 spiro atoms. The van der Waals surface area contributed by atoms with Crippen LogP contribution in [0, 0.1) is 30.6 Å². The minimum atomic E-state index is -0.794. The topological polar surface area (TPSA) is 52.9 Å². The van der Waals surface area contributed by atoms with E-state index in [0.29, 0.717) is 19.4 Å². The van der Waals surface area contributed by atoms with Crippen LogP contribution in [0.5, 0.6) is 0 Å². The number of rotatable bonds is 3. The van der Waals surface area contributed by atoms with Gasteiger partial charge in [0.05, 0.1) is 12.6 Å². The van der Waals surface area contributed by atoms with Crippen molar-refractivity contribution in [3.63, 3.8) is 0 Å². The minimum Gasteiger partial charge on any atom is -0.350 e. The van der Waals surface area contributed by atoms with E-state index < -0.39 is 5.41 Å². The lowest BCUT2D eigenvalue weighted by Crippen LogP contribution is -2.39. The predicted molar refractivity (Wildman–Crippen MR) is 81.4 cm³/mol. The fraction of sp³-hybridized carbons (Fsp3) is 0.625. The number of thiophene rings is 1. The highest BCUT2D eigenvalue weighted by Gasteiger charge is 2.38. The van der Waals surface area contributed by atoms with E-state index in [1.165, 1.54) is 10.4 Å². The van der Waals surface area contributed by atoms with Gasteiger partial charge < -0.3 is 5.32 Å². The lowest BCUT2D eigenvalue weighted by molar-refractivity contribution is -0.128. The standard InChI is InChI=1S/C16H22N2OS/c1-12-9-14(20-13(12)2)10-18-15(19)16(11-17)7-5-3-4-6-8-16/h9H,3-8,10H2,1-2H3,(H,18,19). The molecule has 108 valence electrons. The molecule has 1 aliphatic rings. The van der Waals surface area contributed by atoms with Crippen LogP contribution in [-0.2, 0) is 11.3 Å². The van der Waals surface area contributed by atoms with E-state index in [0.717, 1.165) is 30.6 Å². The number of aryl methyl sites for hydroxylation is 2. The first-order valence-corrected chi connectivity index (χ1v) is 8.14. The van der Waals surface area contributed by atoms with Crippen LogP contribution in [0.25, 0.3) is 0 Å². The second-order valence-corrected chi connectivity index (χ2v) is 7.08. The molecule has 4 heteroatoms. The van der Waals surface area contributed by atoms with E-state index >= 15 is 0 Å². The molecule has 0 radical (unpaired) electrons. The summed E-state index contributed by atoms with van der Waals surface area (Å²) in [6.45, 7) is 4.72. The van der Waals surface area contributed by atoms with Crippen molar-refractivity contribution in [3.05, 3.63) is 21.4 Å². The Morgan fingerprint density at radius 3 is 2.50 bits per heavy atom. The van der Waals surface area contributed by atoms with Gasteiger partial charge >= 0.3 is 0 Å². The summed E-state index contributed by atoms with van der Waals surface area (Å²) in [6, 6.07) is 4.42. The number of carbonyl (C=O) groups excluding carboxylic acids is 1. The van der Waals surface area contributed by atoms with Crippen molar-refractivity contribution in [2.75, 3.05) is 0 Å². The highest BCUT2D eigenvalue weighted by Crippen LogP contribution is 2.34. The number of nitriles is 1. The molecule has 0 saturated heterocycles. The molecular formula is C16H22N2OS. The van der Waals surface area contributed by atoms with Gasteiger partial charge in [0.2, 0.25) is 5.91 Å². The lowest BCUT2D eigenvalue weighted by atomic mass is 9.81. The highest BCUT2D eigenvalue weighted by atomic mass is 32.1. The molecular weight excluding hydrogens is 268 g/mol. The third-order valence-corrected chi connectivity index (χ3v) is 5.40. The summed E-state index contributed by atoms with van der Waals surface area (Å²) in [5, 5.41) is 12.5. The third kappa shape index (κ3) is 3.21. The fourth-order valence-corrected chi connectivity index (χ4v) is 3.79. The average Bonchev–Trinajstić information content (AvgIpc) is 2.67. The first-order valence-electron chi connectivity index (χ1n) is 7.33. The quantitative estimate of drug-likeness (QED) is 0.860. The van der Waals surface area contributed by atoms with Crippen molar-refractivity contribution < 1.29 is 4.79 Å². The SMILES string of the molecule is Cc1cc(CNC(=O)C2(C#N)CCCCCC2)sc1C. The first kappa shape index (κ1) is 15.1. The number of amides is 1. The number of hydrogen-bond acceptors (Lipinski definition) is 3. The monoisotopic (exact) mass is 290 g/mol. The van der Waals surface area contributed by atoms with Gasteiger partial charge in [0, 0.05) is 9.75 Å². The van der Waals surface area contributed by atoms with E-state index in [1.54, 1.807) is 11.3 Å². The molecule has 1 aliphatic carbocycles. The Balaban J connectivity index is 2.00.